The van der Waals surface area contributed by atoms with E-state index in [2.05, 4.69) is 17.2 Å². The Morgan fingerprint density at radius 2 is 1.78 bits per heavy atom. The highest BCUT2D eigenvalue weighted by Gasteiger charge is 2.12. The van der Waals surface area contributed by atoms with E-state index >= 15 is 0 Å². The van der Waals surface area contributed by atoms with Gasteiger partial charge >= 0.3 is 0 Å². The average Bonchev–Trinajstić information content (AvgIpc) is 2.66. The number of ether oxygens (including phenoxy) is 3. The van der Waals surface area contributed by atoms with Crippen molar-refractivity contribution in [3.05, 3.63) is 60.7 Å². The van der Waals surface area contributed by atoms with E-state index in [1.807, 2.05) is 0 Å². The Labute approximate surface area is 157 Å². The van der Waals surface area contributed by atoms with Crippen LogP contribution in [0, 0.1) is 0 Å². The Morgan fingerprint density at radius 1 is 1.04 bits per heavy atom. The lowest BCUT2D eigenvalue weighted by Crippen LogP contribution is -2.17. The summed E-state index contributed by atoms with van der Waals surface area (Å²) in [4.78, 5) is 24.1. The molecule has 0 saturated carbocycles. The Balaban J connectivity index is 2.10. The molecule has 0 heterocycles. The van der Waals surface area contributed by atoms with Crippen LogP contribution in [0.5, 0.6) is 11.5 Å². The minimum atomic E-state index is -0.316. The van der Waals surface area contributed by atoms with Gasteiger partial charge in [0, 0.05) is 24.0 Å². The van der Waals surface area contributed by atoms with E-state index in [0.29, 0.717) is 35.0 Å². The van der Waals surface area contributed by atoms with Gasteiger partial charge in [0.15, 0.2) is 11.5 Å². The van der Waals surface area contributed by atoms with Gasteiger partial charge < -0.3 is 24.8 Å². The molecule has 0 aliphatic rings. The SMILES string of the molecule is C=CCOc1ccc(C(=O)Nc2cccc(NC(=O)COC)c2)cc1OC. The van der Waals surface area contributed by atoms with Crippen LogP contribution < -0.4 is 20.1 Å². The number of nitrogens with one attached hydrogen (secondary N) is 2. The Bertz CT molecular complexity index is 820. The first kappa shape index (κ1) is 20.0. The molecule has 2 aromatic carbocycles. The maximum Gasteiger partial charge on any atom is 0.255 e. The third-order valence-electron chi connectivity index (χ3n) is 3.46. The molecular formula is C20H22N2O5. The number of amides is 2. The largest absolute Gasteiger partial charge is 0.493 e. The molecular weight excluding hydrogens is 348 g/mol. The molecule has 0 unspecified atom stereocenters. The van der Waals surface area contributed by atoms with Crippen molar-refractivity contribution >= 4 is 23.2 Å². The number of hydrogen-bond donors (Lipinski definition) is 2. The van der Waals surface area contributed by atoms with Gasteiger partial charge in [0.1, 0.15) is 13.2 Å². The van der Waals surface area contributed by atoms with Crippen LogP contribution in [0.2, 0.25) is 0 Å². The maximum atomic E-state index is 12.5. The van der Waals surface area contributed by atoms with Gasteiger partial charge in [-0.15, -0.1) is 0 Å². The second kappa shape index (κ2) is 9.98. The van der Waals surface area contributed by atoms with E-state index < -0.39 is 0 Å². The second-order valence-electron chi connectivity index (χ2n) is 5.48. The van der Waals surface area contributed by atoms with Crippen LogP contribution in [0.1, 0.15) is 10.4 Å². The summed E-state index contributed by atoms with van der Waals surface area (Å²) in [6.45, 7) is 3.89. The number of carbonyl (C=O) groups is 2. The predicted molar refractivity (Wildman–Crippen MR) is 104 cm³/mol. The third-order valence-corrected chi connectivity index (χ3v) is 3.46. The maximum absolute atomic E-state index is 12.5. The van der Waals surface area contributed by atoms with Crippen LogP contribution in [0.3, 0.4) is 0 Å². The summed E-state index contributed by atoms with van der Waals surface area (Å²) >= 11 is 0. The van der Waals surface area contributed by atoms with Gasteiger partial charge in [-0.25, -0.2) is 0 Å². The monoisotopic (exact) mass is 370 g/mol. The highest BCUT2D eigenvalue weighted by Crippen LogP contribution is 2.28. The molecule has 0 bridgehead atoms. The zero-order chi connectivity index (χ0) is 19.6. The lowest BCUT2D eigenvalue weighted by atomic mass is 10.1. The van der Waals surface area contributed by atoms with Crippen molar-refractivity contribution in [3.8, 4) is 11.5 Å². The molecule has 7 heteroatoms. The fourth-order valence-electron chi connectivity index (χ4n) is 2.28. The number of hydrogen-bond acceptors (Lipinski definition) is 5. The molecule has 2 aromatic rings. The molecule has 2 rings (SSSR count). The summed E-state index contributed by atoms with van der Waals surface area (Å²) in [6.07, 6.45) is 1.62. The molecule has 27 heavy (non-hydrogen) atoms. The van der Waals surface area contributed by atoms with Crippen molar-refractivity contribution in [2.75, 3.05) is 38.1 Å². The molecule has 2 amide bonds. The van der Waals surface area contributed by atoms with Gasteiger partial charge in [-0.1, -0.05) is 18.7 Å². The molecule has 2 N–H and O–H groups in total. The van der Waals surface area contributed by atoms with E-state index in [4.69, 9.17) is 14.2 Å². The summed E-state index contributed by atoms with van der Waals surface area (Å²) in [5.74, 6) is 0.381. The number of rotatable bonds is 9. The van der Waals surface area contributed by atoms with Crippen molar-refractivity contribution in [1.82, 2.24) is 0 Å². The molecule has 0 aliphatic carbocycles. The quantitative estimate of drug-likeness (QED) is 0.663. The molecule has 0 spiro atoms. The van der Waals surface area contributed by atoms with Gasteiger partial charge in [0.25, 0.3) is 5.91 Å². The molecule has 7 nitrogen and oxygen atoms in total. The molecule has 0 fully saturated rings. The summed E-state index contributed by atoms with van der Waals surface area (Å²) in [5, 5.41) is 5.47. The van der Waals surface area contributed by atoms with E-state index in [0.717, 1.165) is 0 Å². The molecule has 0 saturated heterocycles. The van der Waals surface area contributed by atoms with E-state index in [1.165, 1.54) is 14.2 Å². The van der Waals surface area contributed by atoms with Gasteiger partial charge in [-0.05, 0) is 36.4 Å². The molecule has 0 radical (unpaired) electrons. The molecule has 0 atom stereocenters. The number of anilines is 2. The Hall–Kier alpha value is -3.32. The van der Waals surface area contributed by atoms with Crippen molar-refractivity contribution in [3.63, 3.8) is 0 Å². The van der Waals surface area contributed by atoms with Crippen LogP contribution in [0.15, 0.2) is 55.1 Å². The highest BCUT2D eigenvalue weighted by atomic mass is 16.5. The van der Waals surface area contributed by atoms with Gasteiger partial charge in [0.2, 0.25) is 5.91 Å². The minimum absolute atomic E-state index is 0.0450. The van der Waals surface area contributed by atoms with Crippen molar-refractivity contribution < 1.29 is 23.8 Å². The highest BCUT2D eigenvalue weighted by molar-refractivity contribution is 6.05. The van der Waals surface area contributed by atoms with Gasteiger partial charge in [0.05, 0.1) is 7.11 Å². The van der Waals surface area contributed by atoms with E-state index in [1.54, 1.807) is 48.5 Å². The van der Waals surface area contributed by atoms with Crippen molar-refractivity contribution in [2.45, 2.75) is 0 Å². The summed E-state index contributed by atoms with van der Waals surface area (Å²) in [6, 6.07) is 11.7. The Morgan fingerprint density at radius 3 is 2.44 bits per heavy atom. The molecule has 0 aromatic heterocycles. The van der Waals surface area contributed by atoms with Crippen molar-refractivity contribution in [1.29, 1.82) is 0 Å². The first-order chi connectivity index (χ1) is 13.1. The first-order valence-corrected chi connectivity index (χ1v) is 8.19. The van der Waals surface area contributed by atoms with Crippen LogP contribution in [-0.4, -0.2) is 39.2 Å². The summed E-state index contributed by atoms with van der Waals surface area (Å²) < 4.78 is 15.5. The normalized spacial score (nSPS) is 10.0. The first-order valence-electron chi connectivity index (χ1n) is 8.19. The molecule has 0 aliphatic heterocycles. The number of carbonyl (C=O) groups excluding carboxylic acids is 2. The average molecular weight is 370 g/mol. The number of methoxy groups -OCH3 is 2. The van der Waals surface area contributed by atoms with Gasteiger partial charge in [-0.2, -0.15) is 0 Å². The van der Waals surface area contributed by atoms with E-state index in [9.17, 15) is 9.59 Å². The van der Waals surface area contributed by atoms with Gasteiger partial charge in [-0.3, -0.25) is 9.59 Å². The summed E-state index contributed by atoms with van der Waals surface area (Å²) in [5.41, 5.74) is 1.51. The lowest BCUT2D eigenvalue weighted by molar-refractivity contribution is -0.119. The zero-order valence-corrected chi connectivity index (χ0v) is 15.3. The topological polar surface area (TPSA) is 85.9 Å². The predicted octanol–water partition coefficient (Wildman–Crippen LogP) is 3.10. The fraction of sp³-hybridized carbons (Fsp3) is 0.200. The smallest absolute Gasteiger partial charge is 0.255 e. The van der Waals surface area contributed by atoms with E-state index in [-0.39, 0.29) is 18.4 Å². The summed E-state index contributed by atoms with van der Waals surface area (Å²) in [7, 11) is 2.95. The van der Waals surface area contributed by atoms with Crippen LogP contribution >= 0.6 is 0 Å². The third kappa shape index (κ3) is 5.86. The van der Waals surface area contributed by atoms with Crippen LogP contribution in [0.25, 0.3) is 0 Å². The number of benzene rings is 2. The fourth-order valence-corrected chi connectivity index (χ4v) is 2.28. The zero-order valence-electron chi connectivity index (χ0n) is 15.3. The van der Waals surface area contributed by atoms with Crippen molar-refractivity contribution in [2.24, 2.45) is 0 Å². The lowest BCUT2D eigenvalue weighted by Gasteiger charge is -2.12. The standard InChI is InChI=1S/C20H22N2O5/c1-4-10-27-17-9-8-14(11-18(17)26-3)20(24)22-16-7-5-6-15(12-16)21-19(23)13-25-2/h4-9,11-12H,1,10,13H2,2-3H3,(H,21,23)(H,22,24). The Kier molecular flexibility index (Phi) is 7.39. The molecule has 142 valence electrons. The second-order valence-corrected chi connectivity index (χ2v) is 5.48. The van der Waals surface area contributed by atoms with Crippen LogP contribution in [-0.2, 0) is 9.53 Å². The minimum Gasteiger partial charge on any atom is -0.493 e. The van der Waals surface area contributed by atoms with Crippen LogP contribution in [0.4, 0.5) is 11.4 Å².